The van der Waals surface area contributed by atoms with Crippen LogP contribution < -0.4 is 10.2 Å². The zero-order chi connectivity index (χ0) is 19.1. The third-order valence-corrected chi connectivity index (χ3v) is 6.40. The number of benzene rings is 1. The van der Waals surface area contributed by atoms with Crippen molar-refractivity contribution in [3.05, 3.63) is 41.6 Å². The van der Waals surface area contributed by atoms with Crippen LogP contribution in [0.2, 0.25) is 0 Å². The third kappa shape index (κ3) is 3.43. The number of rotatable bonds is 5. The number of hydrogen-bond donors (Lipinski definition) is 2. The normalized spacial score (nSPS) is 24.3. The Bertz CT molecular complexity index is 884. The Morgan fingerprint density at radius 3 is 2.68 bits per heavy atom. The lowest BCUT2D eigenvalue weighted by atomic mass is 9.81. The van der Waals surface area contributed by atoms with Gasteiger partial charge >= 0.3 is 0 Å². The van der Waals surface area contributed by atoms with Crippen molar-refractivity contribution in [3.63, 3.8) is 0 Å². The second kappa shape index (κ2) is 7.08. The maximum absolute atomic E-state index is 12.7. The molecule has 2 heterocycles. The van der Waals surface area contributed by atoms with E-state index >= 15 is 0 Å². The lowest BCUT2D eigenvalue weighted by Gasteiger charge is -2.21. The Labute approximate surface area is 164 Å². The number of aromatic nitrogens is 2. The number of amides is 2. The van der Waals surface area contributed by atoms with E-state index in [1.54, 1.807) is 0 Å². The van der Waals surface area contributed by atoms with E-state index in [2.05, 4.69) is 15.5 Å². The molecular weight excluding hydrogens is 352 g/mol. The van der Waals surface area contributed by atoms with E-state index in [1.807, 2.05) is 35.2 Å². The third-order valence-electron chi connectivity index (χ3n) is 6.40. The van der Waals surface area contributed by atoms with Crippen molar-refractivity contribution in [2.75, 3.05) is 16.8 Å². The monoisotopic (exact) mass is 378 g/mol. The van der Waals surface area contributed by atoms with Gasteiger partial charge in [-0.1, -0.05) is 25.0 Å². The quantitative estimate of drug-likeness (QED) is 0.834. The average molecular weight is 378 g/mol. The first-order valence-corrected chi connectivity index (χ1v) is 10.4. The van der Waals surface area contributed by atoms with E-state index in [0.717, 1.165) is 29.9 Å². The lowest BCUT2D eigenvalue weighted by Crippen LogP contribution is -2.27. The second-order valence-electron chi connectivity index (χ2n) is 8.47. The van der Waals surface area contributed by atoms with Crippen LogP contribution in [0.1, 0.15) is 55.7 Å². The first-order chi connectivity index (χ1) is 13.7. The Morgan fingerprint density at radius 2 is 1.93 bits per heavy atom. The molecule has 2 aromatic rings. The van der Waals surface area contributed by atoms with Gasteiger partial charge in [0.1, 0.15) is 0 Å². The highest BCUT2D eigenvalue weighted by Gasteiger charge is 2.41. The standard InChI is InChI=1S/C22H26N4O2/c27-21(23-20-12-19(24-25-20)15-7-8-15)11-14-5-9-17(10-6-14)26-13-16-3-1-2-4-18(16)22(26)28/h5-6,9-10,12,15-16,18H,1-4,7-8,11,13H2,(H2,23,24,25,27). The van der Waals surface area contributed by atoms with Gasteiger partial charge in [-0.25, -0.2) is 0 Å². The van der Waals surface area contributed by atoms with Crippen LogP contribution in [-0.4, -0.2) is 28.6 Å². The van der Waals surface area contributed by atoms with Gasteiger partial charge in [0.05, 0.1) is 6.42 Å². The molecule has 0 radical (unpaired) electrons. The van der Waals surface area contributed by atoms with Gasteiger partial charge in [0, 0.05) is 35.8 Å². The van der Waals surface area contributed by atoms with Gasteiger partial charge in [0.2, 0.25) is 11.8 Å². The number of nitrogens with one attached hydrogen (secondary N) is 2. The topological polar surface area (TPSA) is 78.1 Å². The fourth-order valence-electron chi connectivity index (χ4n) is 4.68. The van der Waals surface area contributed by atoms with Crippen LogP contribution in [0.4, 0.5) is 11.5 Å². The van der Waals surface area contributed by atoms with Gasteiger partial charge in [-0.05, 0) is 49.3 Å². The molecule has 1 aliphatic heterocycles. The second-order valence-corrected chi connectivity index (χ2v) is 8.47. The number of H-pyrrole nitrogens is 1. The molecule has 6 nitrogen and oxygen atoms in total. The Hall–Kier alpha value is -2.63. The minimum Gasteiger partial charge on any atom is -0.312 e. The van der Waals surface area contributed by atoms with Crippen molar-refractivity contribution in [1.82, 2.24) is 10.2 Å². The maximum Gasteiger partial charge on any atom is 0.230 e. The van der Waals surface area contributed by atoms with Crippen LogP contribution in [0, 0.1) is 11.8 Å². The van der Waals surface area contributed by atoms with Gasteiger partial charge in [-0.15, -0.1) is 0 Å². The van der Waals surface area contributed by atoms with Crippen molar-refractivity contribution in [2.24, 2.45) is 11.8 Å². The molecule has 2 amide bonds. The first kappa shape index (κ1) is 17.5. The molecule has 0 bridgehead atoms. The van der Waals surface area contributed by atoms with Crippen molar-refractivity contribution < 1.29 is 9.59 Å². The predicted octanol–water partition coefficient (Wildman–Crippen LogP) is 3.62. The molecule has 2 atom stereocenters. The number of hydrogen-bond acceptors (Lipinski definition) is 3. The number of carbonyl (C=O) groups excluding carboxylic acids is 2. The van der Waals surface area contributed by atoms with E-state index < -0.39 is 0 Å². The van der Waals surface area contributed by atoms with Crippen LogP contribution in [-0.2, 0) is 16.0 Å². The summed E-state index contributed by atoms with van der Waals surface area (Å²) in [5.74, 6) is 2.11. The van der Waals surface area contributed by atoms with Crippen LogP contribution >= 0.6 is 0 Å². The zero-order valence-electron chi connectivity index (χ0n) is 16.0. The summed E-state index contributed by atoms with van der Waals surface area (Å²) < 4.78 is 0. The van der Waals surface area contributed by atoms with E-state index in [4.69, 9.17) is 0 Å². The summed E-state index contributed by atoms with van der Waals surface area (Å²) in [6.45, 7) is 0.839. The van der Waals surface area contributed by atoms with Crippen LogP contribution in [0.15, 0.2) is 30.3 Å². The van der Waals surface area contributed by atoms with Gasteiger partial charge < -0.3 is 10.2 Å². The van der Waals surface area contributed by atoms with E-state index in [-0.39, 0.29) is 17.7 Å². The highest BCUT2D eigenvalue weighted by atomic mass is 16.2. The molecule has 3 fully saturated rings. The van der Waals surface area contributed by atoms with Gasteiger partial charge in [0.15, 0.2) is 5.82 Å². The number of anilines is 2. The summed E-state index contributed by atoms with van der Waals surface area (Å²) in [6.07, 6.45) is 7.31. The van der Waals surface area contributed by atoms with Crippen molar-refractivity contribution in [3.8, 4) is 0 Å². The van der Waals surface area contributed by atoms with Gasteiger partial charge in [0.25, 0.3) is 0 Å². The maximum atomic E-state index is 12.7. The number of aromatic amines is 1. The summed E-state index contributed by atoms with van der Waals surface area (Å²) >= 11 is 0. The minimum atomic E-state index is -0.0788. The van der Waals surface area contributed by atoms with Crippen LogP contribution in [0.25, 0.3) is 0 Å². The Kier molecular flexibility index (Phi) is 4.41. The Morgan fingerprint density at radius 1 is 1.14 bits per heavy atom. The van der Waals surface area contributed by atoms with E-state index in [9.17, 15) is 9.59 Å². The molecule has 1 aromatic carbocycles. The molecule has 2 aliphatic carbocycles. The van der Waals surface area contributed by atoms with Crippen LogP contribution in [0.3, 0.4) is 0 Å². The van der Waals surface area contributed by atoms with Gasteiger partial charge in [-0.3, -0.25) is 14.7 Å². The Balaban J connectivity index is 1.20. The molecule has 6 heteroatoms. The molecule has 2 saturated carbocycles. The van der Waals surface area contributed by atoms with Crippen molar-refractivity contribution in [1.29, 1.82) is 0 Å². The lowest BCUT2D eigenvalue weighted by molar-refractivity contribution is -0.121. The number of carbonyl (C=O) groups is 2. The summed E-state index contributed by atoms with van der Waals surface area (Å²) in [6, 6.07) is 9.76. The number of fused-ring (bicyclic) bond motifs is 1. The predicted molar refractivity (Wildman–Crippen MR) is 107 cm³/mol. The fraction of sp³-hybridized carbons (Fsp3) is 0.500. The molecule has 1 aromatic heterocycles. The molecule has 3 aliphatic rings. The zero-order valence-corrected chi connectivity index (χ0v) is 16.0. The molecule has 2 unspecified atom stereocenters. The highest BCUT2D eigenvalue weighted by Crippen LogP contribution is 2.40. The molecule has 1 saturated heterocycles. The summed E-state index contributed by atoms with van der Waals surface area (Å²) in [5, 5.41) is 10.0. The summed E-state index contributed by atoms with van der Waals surface area (Å²) in [4.78, 5) is 27.0. The minimum absolute atomic E-state index is 0.0788. The smallest absolute Gasteiger partial charge is 0.230 e. The average Bonchev–Trinajstić information content (AvgIpc) is 3.37. The highest BCUT2D eigenvalue weighted by molar-refractivity contribution is 5.97. The van der Waals surface area contributed by atoms with E-state index in [0.29, 0.717) is 24.1 Å². The SMILES string of the molecule is O=C(Cc1ccc(N2CC3CCCCC3C2=O)cc1)Nc1cc(C2CC2)[nH]n1. The molecule has 5 rings (SSSR count). The first-order valence-electron chi connectivity index (χ1n) is 10.4. The summed E-state index contributed by atoms with van der Waals surface area (Å²) in [5.41, 5.74) is 2.99. The molecule has 28 heavy (non-hydrogen) atoms. The molecular formula is C22H26N4O2. The van der Waals surface area contributed by atoms with Gasteiger partial charge in [-0.2, -0.15) is 5.10 Å². The van der Waals surface area contributed by atoms with Crippen LogP contribution in [0.5, 0.6) is 0 Å². The van der Waals surface area contributed by atoms with Crippen molar-refractivity contribution in [2.45, 2.75) is 50.9 Å². The number of nitrogens with zero attached hydrogens (tertiary/aromatic N) is 2. The molecule has 2 N–H and O–H groups in total. The molecule has 146 valence electrons. The fourth-order valence-corrected chi connectivity index (χ4v) is 4.68. The largest absolute Gasteiger partial charge is 0.312 e. The van der Waals surface area contributed by atoms with Crippen molar-refractivity contribution >= 4 is 23.3 Å². The molecule has 0 spiro atoms. The summed E-state index contributed by atoms with van der Waals surface area (Å²) in [7, 11) is 0. The van der Waals surface area contributed by atoms with E-state index in [1.165, 1.54) is 32.1 Å².